The van der Waals surface area contributed by atoms with E-state index in [0.717, 1.165) is 35.4 Å². The van der Waals surface area contributed by atoms with E-state index in [1.54, 1.807) is 79.9 Å². The van der Waals surface area contributed by atoms with E-state index in [9.17, 15) is 19.5 Å². The van der Waals surface area contributed by atoms with Crippen molar-refractivity contribution in [2.75, 3.05) is 25.6 Å². The van der Waals surface area contributed by atoms with Crippen LogP contribution in [0.1, 0.15) is 76.4 Å². The van der Waals surface area contributed by atoms with Crippen molar-refractivity contribution in [2.24, 2.45) is 0 Å². The number of nitrogens with zero attached hydrogens (tertiary/aromatic N) is 1. The molecule has 1 amide bonds. The maximum Gasteiger partial charge on any atom is 0.343 e. The molecule has 0 heterocycles. The van der Waals surface area contributed by atoms with E-state index in [1.165, 1.54) is 24.2 Å². The summed E-state index contributed by atoms with van der Waals surface area (Å²) in [6.07, 6.45) is 5.79. The number of hydrogen-bond acceptors (Lipinski definition) is 7. The molecule has 0 atom stereocenters. The lowest BCUT2D eigenvalue weighted by atomic mass is 10.1. The first-order valence-corrected chi connectivity index (χ1v) is 16.4. The fourth-order valence-corrected chi connectivity index (χ4v) is 5.22. The van der Waals surface area contributed by atoms with Crippen molar-refractivity contribution in [2.45, 2.75) is 52.5 Å². The molecular formula is C40H44N2O7. The van der Waals surface area contributed by atoms with Gasteiger partial charge in [-0.25, -0.2) is 4.79 Å². The van der Waals surface area contributed by atoms with Crippen molar-refractivity contribution < 1.29 is 33.7 Å². The van der Waals surface area contributed by atoms with Crippen LogP contribution in [0.4, 0.5) is 5.69 Å². The van der Waals surface area contributed by atoms with Crippen molar-refractivity contribution in [1.82, 2.24) is 4.90 Å². The van der Waals surface area contributed by atoms with Gasteiger partial charge in [-0.2, -0.15) is 0 Å². The molecule has 4 rings (SSSR count). The van der Waals surface area contributed by atoms with Crippen molar-refractivity contribution in [3.05, 3.63) is 125 Å². The van der Waals surface area contributed by atoms with E-state index >= 15 is 0 Å². The number of unbranched alkanes of at least 4 members (excludes halogenated alkanes) is 4. The molecule has 0 saturated carbocycles. The zero-order chi connectivity index (χ0) is 35.2. The Hall–Kier alpha value is -5.57. The number of nitrogens with one attached hydrogen (secondary N) is 1. The SMILES string of the molecule is C=C(Nc1ccc(C(=O)N(CC(=O)O)Cc2ccc(OC(=O)c3ccc(OCCCCCCC)cc3)cc2)cc1)c1ccc(OC)cc1C. The van der Waals surface area contributed by atoms with Crippen LogP contribution >= 0.6 is 0 Å². The predicted octanol–water partition coefficient (Wildman–Crippen LogP) is 8.38. The molecule has 0 aliphatic carbocycles. The third-order valence-electron chi connectivity index (χ3n) is 7.91. The lowest BCUT2D eigenvalue weighted by Gasteiger charge is -2.21. The molecule has 256 valence electrons. The summed E-state index contributed by atoms with van der Waals surface area (Å²) in [6.45, 7) is 8.49. The number of aliphatic carboxylic acids is 1. The second-order valence-corrected chi connectivity index (χ2v) is 11.7. The number of methoxy groups -OCH3 is 1. The Labute approximate surface area is 288 Å². The molecule has 9 heteroatoms. The van der Waals surface area contributed by atoms with E-state index in [2.05, 4.69) is 18.8 Å². The van der Waals surface area contributed by atoms with Gasteiger partial charge >= 0.3 is 11.9 Å². The van der Waals surface area contributed by atoms with Gasteiger partial charge < -0.3 is 29.5 Å². The monoisotopic (exact) mass is 664 g/mol. The molecule has 9 nitrogen and oxygen atoms in total. The third kappa shape index (κ3) is 11.0. The molecule has 49 heavy (non-hydrogen) atoms. The van der Waals surface area contributed by atoms with Crippen LogP contribution in [0.15, 0.2) is 97.6 Å². The van der Waals surface area contributed by atoms with Gasteiger partial charge in [0, 0.05) is 29.1 Å². The minimum atomic E-state index is -1.13. The lowest BCUT2D eigenvalue weighted by Crippen LogP contribution is -2.35. The number of aryl methyl sites for hydroxylation is 1. The highest BCUT2D eigenvalue weighted by atomic mass is 16.5. The van der Waals surface area contributed by atoms with Gasteiger partial charge in [-0.3, -0.25) is 9.59 Å². The fourth-order valence-electron chi connectivity index (χ4n) is 5.22. The molecule has 0 aliphatic heterocycles. The summed E-state index contributed by atoms with van der Waals surface area (Å²) in [5.74, 6) is -0.289. The van der Waals surface area contributed by atoms with Crippen LogP contribution in [0, 0.1) is 6.92 Å². The molecule has 4 aromatic rings. The highest BCUT2D eigenvalue weighted by molar-refractivity contribution is 5.96. The van der Waals surface area contributed by atoms with Crippen LogP contribution in [0.2, 0.25) is 0 Å². The van der Waals surface area contributed by atoms with E-state index in [-0.39, 0.29) is 6.54 Å². The van der Waals surface area contributed by atoms with Gasteiger partial charge in [0.2, 0.25) is 0 Å². The number of anilines is 1. The molecule has 0 saturated heterocycles. The Bertz CT molecular complexity index is 1720. The summed E-state index contributed by atoms with van der Waals surface area (Å²) < 4.78 is 16.6. The summed E-state index contributed by atoms with van der Waals surface area (Å²) in [5.41, 5.74) is 4.74. The summed E-state index contributed by atoms with van der Waals surface area (Å²) in [6, 6.07) is 26.0. The number of carbonyl (C=O) groups is 3. The second kappa shape index (κ2) is 18.1. The Balaban J connectivity index is 1.32. The molecule has 0 spiro atoms. The summed E-state index contributed by atoms with van der Waals surface area (Å²) in [4.78, 5) is 39.0. The Kier molecular flexibility index (Phi) is 13.4. The molecule has 0 fully saturated rings. The van der Waals surface area contributed by atoms with Crippen LogP contribution in [0.25, 0.3) is 5.70 Å². The van der Waals surface area contributed by atoms with Gasteiger partial charge in [-0.05, 0) is 103 Å². The van der Waals surface area contributed by atoms with Gasteiger partial charge in [0.1, 0.15) is 23.8 Å². The number of esters is 1. The highest BCUT2D eigenvalue weighted by Gasteiger charge is 2.20. The Morgan fingerprint density at radius 3 is 2.06 bits per heavy atom. The summed E-state index contributed by atoms with van der Waals surface area (Å²) in [7, 11) is 1.62. The zero-order valence-corrected chi connectivity index (χ0v) is 28.4. The van der Waals surface area contributed by atoms with Crippen LogP contribution < -0.4 is 19.5 Å². The number of carboxylic acid groups (broad SMARTS) is 1. The molecular weight excluding hydrogens is 620 g/mol. The lowest BCUT2D eigenvalue weighted by molar-refractivity contribution is -0.137. The number of ether oxygens (including phenoxy) is 3. The third-order valence-corrected chi connectivity index (χ3v) is 7.91. The van der Waals surface area contributed by atoms with Gasteiger partial charge in [-0.15, -0.1) is 0 Å². The number of benzene rings is 4. The van der Waals surface area contributed by atoms with Gasteiger partial charge in [0.05, 0.1) is 19.3 Å². The predicted molar refractivity (Wildman–Crippen MR) is 191 cm³/mol. The minimum absolute atomic E-state index is 0.0486. The first-order chi connectivity index (χ1) is 23.7. The van der Waals surface area contributed by atoms with Crippen molar-refractivity contribution in [1.29, 1.82) is 0 Å². The molecule has 0 radical (unpaired) electrons. The van der Waals surface area contributed by atoms with Crippen LogP contribution in [-0.2, 0) is 11.3 Å². The molecule has 4 aromatic carbocycles. The van der Waals surface area contributed by atoms with E-state index in [4.69, 9.17) is 14.2 Å². The average Bonchev–Trinajstić information content (AvgIpc) is 3.10. The maximum atomic E-state index is 13.4. The second-order valence-electron chi connectivity index (χ2n) is 11.7. The van der Waals surface area contributed by atoms with E-state index in [0.29, 0.717) is 40.5 Å². The largest absolute Gasteiger partial charge is 0.497 e. The number of hydrogen-bond donors (Lipinski definition) is 2. The number of carboxylic acids is 1. The average molecular weight is 665 g/mol. The fraction of sp³-hybridized carbons (Fsp3) is 0.275. The number of rotatable bonds is 18. The molecule has 2 N–H and O–H groups in total. The molecule has 0 aromatic heterocycles. The van der Waals surface area contributed by atoms with Crippen molar-refractivity contribution >= 4 is 29.2 Å². The highest BCUT2D eigenvalue weighted by Crippen LogP contribution is 2.25. The Morgan fingerprint density at radius 2 is 1.43 bits per heavy atom. The van der Waals surface area contributed by atoms with E-state index < -0.39 is 24.4 Å². The van der Waals surface area contributed by atoms with Crippen LogP contribution in [0.5, 0.6) is 17.2 Å². The van der Waals surface area contributed by atoms with Gasteiger partial charge in [0.25, 0.3) is 5.91 Å². The molecule has 0 unspecified atom stereocenters. The topological polar surface area (TPSA) is 114 Å². The van der Waals surface area contributed by atoms with Gasteiger partial charge in [0.15, 0.2) is 0 Å². The number of amides is 1. The first kappa shape index (κ1) is 36.3. The standard InChI is InChI=1S/C40H44N2O7/c1-5-6-7-8-9-24-48-34-20-14-32(15-21-34)40(46)49-35-18-10-30(11-19-35)26-42(27-38(43)44)39(45)31-12-16-33(17-13-31)41-29(3)37-23-22-36(47-4)25-28(37)2/h10-23,25,41H,3,5-9,24,26-27H2,1-2,4H3,(H,43,44). The molecule has 0 bridgehead atoms. The Morgan fingerprint density at radius 1 is 0.796 bits per heavy atom. The van der Waals surface area contributed by atoms with Crippen LogP contribution in [-0.4, -0.2) is 48.1 Å². The minimum Gasteiger partial charge on any atom is -0.497 e. The smallest absolute Gasteiger partial charge is 0.343 e. The normalized spacial score (nSPS) is 10.6. The quantitative estimate of drug-likeness (QED) is 0.0620. The number of carbonyl (C=O) groups excluding carboxylic acids is 2. The van der Waals surface area contributed by atoms with Crippen molar-refractivity contribution in [3.8, 4) is 17.2 Å². The van der Waals surface area contributed by atoms with E-state index in [1.807, 2.05) is 25.1 Å². The summed E-state index contributed by atoms with van der Waals surface area (Å²) >= 11 is 0. The first-order valence-electron chi connectivity index (χ1n) is 16.4. The van der Waals surface area contributed by atoms with Gasteiger partial charge in [-0.1, -0.05) is 51.3 Å². The maximum absolute atomic E-state index is 13.4. The zero-order valence-electron chi connectivity index (χ0n) is 28.4. The van der Waals surface area contributed by atoms with Crippen molar-refractivity contribution in [3.63, 3.8) is 0 Å². The molecule has 0 aliphatic rings. The van der Waals surface area contributed by atoms with Crippen LogP contribution in [0.3, 0.4) is 0 Å². The summed E-state index contributed by atoms with van der Waals surface area (Å²) in [5, 5.41) is 12.8.